The van der Waals surface area contributed by atoms with E-state index in [-0.39, 0.29) is 31.8 Å². The highest BCUT2D eigenvalue weighted by atomic mass is 16.6. The summed E-state index contributed by atoms with van der Waals surface area (Å²) in [6.45, 7) is 1.45. The predicted molar refractivity (Wildman–Crippen MR) is 115 cm³/mol. The van der Waals surface area contributed by atoms with Crippen molar-refractivity contribution < 1.29 is 53.1 Å². The molecule has 0 aliphatic carbocycles. The number of amides is 2. The van der Waals surface area contributed by atoms with Gasteiger partial charge in [-0.15, -0.1) is 4.57 Å². The lowest BCUT2D eigenvalue weighted by Gasteiger charge is -2.26. The van der Waals surface area contributed by atoms with E-state index in [1.807, 2.05) is 29.0 Å². The Balaban J connectivity index is 1.51. The Kier molecular flexibility index (Phi) is 8.22. The summed E-state index contributed by atoms with van der Waals surface area (Å²) in [6.07, 6.45) is 1.68. The molecule has 2 aliphatic heterocycles. The van der Waals surface area contributed by atoms with E-state index in [1.165, 1.54) is 0 Å². The fourth-order valence-corrected chi connectivity index (χ4v) is 4.64. The lowest BCUT2D eigenvalue weighted by molar-refractivity contribution is -1.06. The van der Waals surface area contributed by atoms with E-state index in [0.717, 1.165) is 5.69 Å². The van der Waals surface area contributed by atoms with Crippen molar-refractivity contribution in [3.63, 3.8) is 0 Å². The van der Waals surface area contributed by atoms with Crippen LogP contribution >= 0.6 is 0 Å². The summed E-state index contributed by atoms with van der Waals surface area (Å²) in [4.78, 5) is 57.6. The van der Waals surface area contributed by atoms with Crippen molar-refractivity contribution in [2.24, 2.45) is 0 Å². The first-order valence-corrected chi connectivity index (χ1v) is 11.4. The van der Waals surface area contributed by atoms with E-state index < -0.39 is 48.8 Å². The Morgan fingerprint density at radius 2 is 1.83 bits per heavy atom. The largest absolute Gasteiger partial charge is 0.481 e. The number of rotatable bonds is 13. The summed E-state index contributed by atoms with van der Waals surface area (Å²) < 4.78 is 7.89. The van der Waals surface area contributed by atoms with Gasteiger partial charge in [0.2, 0.25) is 5.69 Å². The number of unbranched alkanes of at least 4 members (excludes halogenated alkanes) is 1. The number of nitrogens with zero attached hydrogens (tertiary/aromatic N) is 2. The van der Waals surface area contributed by atoms with Gasteiger partial charge in [0.05, 0.1) is 13.0 Å². The molecule has 4 atom stereocenters. The van der Waals surface area contributed by atoms with Crippen LogP contribution in [-0.2, 0) is 30.5 Å². The molecular weight excluding hydrogens is 464 g/mol. The highest BCUT2D eigenvalue weighted by molar-refractivity contribution is 5.83. The smallest absolute Gasteiger partial charge is 0.448 e. The predicted octanol–water partition coefficient (Wildman–Crippen LogP) is -0.0518. The van der Waals surface area contributed by atoms with Gasteiger partial charge in [0, 0.05) is 24.6 Å². The van der Waals surface area contributed by atoms with Crippen LogP contribution in [-0.4, -0.2) is 74.9 Å². The van der Waals surface area contributed by atoms with Gasteiger partial charge in [0.1, 0.15) is 6.04 Å². The molecule has 0 bridgehead atoms. The van der Waals surface area contributed by atoms with E-state index in [1.54, 1.807) is 0 Å². The van der Waals surface area contributed by atoms with E-state index in [4.69, 9.17) is 14.9 Å². The second kappa shape index (κ2) is 11.1. The van der Waals surface area contributed by atoms with Crippen LogP contribution in [0.3, 0.4) is 0 Å². The average molecular weight is 495 g/mol. The van der Waals surface area contributed by atoms with Crippen LogP contribution < -0.4 is 15.2 Å². The zero-order chi connectivity index (χ0) is 25.6. The highest BCUT2D eigenvalue weighted by Gasteiger charge is 2.60. The molecule has 0 saturated carbocycles. The molecule has 1 aromatic heterocycles. The summed E-state index contributed by atoms with van der Waals surface area (Å²) in [5.74, 6) is -3.87. The molecule has 1 aromatic rings. The topological polar surface area (TPSA) is 183 Å². The van der Waals surface area contributed by atoms with Crippen molar-refractivity contribution in [1.82, 2.24) is 10.6 Å². The number of hydrogen-bond acceptors (Lipinski definition) is 6. The first kappa shape index (κ1) is 25.9. The summed E-state index contributed by atoms with van der Waals surface area (Å²) in [7, 11) is 0. The zero-order valence-electron chi connectivity index (χ0n) is 19.1. The number of esters is 1. The highest BCUT2D eigenvalue weighted by Crippen LogP contribution is 2.35. The average Bonchev–Trinajstić information content (AvgIpc) is 3.24. The maximum atomic E-state index is 12.3. The molecule has 0 aromatic carbocycles. The number of aliphatic carboxylic acids is 3. The molecule has 5 N–H and O–H groups in total. The number of carbonyl (C=O) groups is 5. The van der Waals surface area contributed by atoms with E-state index in [9.17, 15) is 29.1 Å². The first-order valence-electron chi connectivity index (χ1n) is 11.4. The quantitative estimate of drug-likeness (QED) is 0.109. The molecular formula is C22H30N4O9+2. The Morgan fingerprint density at radius 3 is 2.51 bits per heavy atom. The molecule has 13 nitrogen and oxygen atoms in total. The summed E-state index contributed by atoms with van der Waals surface area (Å²) in [6, 6.07) is 2.73. The van der Waals surface area contributed by atoms with Crippen LogP contribution in [0.15, 0.2) is 24.4 Å². The normalized spacial score (nSPS) is 21.8. The lowest BCUT2D eigenvalue weighted by atomic mass is 10.1. The number of quaternary nitrogens is 1. The van der Waals surface area contributed by atoms with E-state index in [0.29, 0.717) is 30.4 Å². The number of fused-ring (bicyclic) bond motifs is 3. The molecule has 0 spiro atoms. The Bertz CT molecular complexity index is 1000. The van der Waals surface area contributed by atoms with Crippen LogP contribution in [0.5, 0.6) is 0 Å². The van der Waals surface area contributed by atoms with Gasteiger partial charge in [0.15, 0.2) is 19.3 Å². The number of hydrogen-bond donors (Lipinski definition) is 5. The van der Waals surface area contributed by atoms with Gasteiger partial charge in [0.25, 0.3) is 0 Å². The summed E-state index contributed by atoms with van der Waals surface area (Å²) in [5.41, 5.74) is 1.05. The number of carbonyl (C=O) groups excluding carboxylic acids is 2. The van der Waals surface area contributed by atoms with Gasteiger partial charge < -0.3 is 30.7 Å². The van der Waals surface area contributed by atoms with Crippen LogP contribution in [0, 0.1) is 0 Å². The number of urea groups is 1. The third-order valence-electron chi connectivity index (χ3n) is 6.25. The summed E-state index contributed by atoms with van der Waals surface area (Å²) in [5, 5.41) is 31.9. The monoisotopic (exact) mass is 494 g/mol. The molecule has 35 heavy (non-hydrogen) atoms. The second-order valence-electron chi connectivity index (χ2n) is 8.91. The molecule has 2 amide bonds. The van der Waals surface area contributed by atoms with Crippen molar-refractivity contribution >= 4 is 29.9 Å². The van der Waals surface area contributed by atoms with Crippen LogP contribution in [0.4, 0.5) is 4.79 Å². The number of ether oxygens (including phenoxy) is 1. The Labute approximate surface area is 200 Å². The third kappa shape index (κ3) is 6.66. The molecule has 3 unspecified atom stereocenters. The van der Waals surface area contributed by atoms with Crippen molar-refractivity contribution in [3.8, 4) is 0 Å². The van der Waals surface area contributed by atoms with E-state index >= 15 is 0 Å². The van der Waals surface area contributed by atoms with Crippen molar-refractivity contribution in [2.45, 2.75) is 63.5 Å². The van der Waals surface area contributed by atoms with Crippen LogP contribution in [0.2, 0.25) is 0 Å². The van der Waals surface area contributed by atoms with Crippen molar-refractivity contribution in [1.29, 1.82) is 0 Å². The molecule has 13 heteroatoms. The van der Waals surface area contributed by atoms with Gasteiger partial charge in [-0.25, -0.2) is 18.9 Å². The number of carboxylic acids is 3. The van der Waals surface area contributed by atoms with Crippen LogP contribution in [0.1, 0.15) is 50.6 Å². The minimum Gasteiger partial charge on any atom is -0.481 e. The molecule has 2 aliphatic rings. The molecule has 3 heterocycles. The van der Waals surface area contributed by atoms with Crippen molar-refractivity contribution in [2.75, 3.05) is 13.1 Å². The number of nitrogens with one attached hydrogen (secondary N) is 2. The lowest BCUT2D eigenvalue weighted by Crippen LogP contribution is -2.51. The molecule has 3 rings (SSSR count). The van der Waals surface area contributed by atoms with E-state index in [2.05, 4.69) is 10.6 Å². The first-order chi connectivity index (χ1) is 16.6. The third-order valence-corrected chi connectivity index (χ3v) is 6.25. The van der Waals surface area contributed by atoms with Crippen LogP contribution in [0.25, 0.3) is 0 Å². The number of carboxylic acid groups (broad SMARTS) is 3. The summed E-state index contributed by atoms with van der Waals surface area (Å²) >= 11 is 0. The molecule has 1 saturated heterocycles. The van der Waals surface area contributed by atoms with Gasteiger partial charge >= 0.3 is 36.3 Å². The molecule has 0 radical (unpaired) electrons. The SMILES string of the molecule is O=C(O)CCC(CC(=O)O)NC(=O)NC(CCCC[N@@+]12CC(=O)OC1[n+]1ccccc1C2)C(=O)O. The standard InChI is InChI=1S/C22H28N4O9/c27-17(28)8-7-14(11-18(29)30)23-21(34)24-16(20(32)33)6-2-4-10-26-12-15-5-1-3-9-25(15)22(26)35-19(31)13-26/h1,3,5,9,14,16,22H,2,4,6-8,10-13H2,(H3-2,23,24,27,28,29,30,32,33,34)/p+2/t14?,16?,22?,26-/m1/s1. The van der Waals surface area contributed by atoms with Gasteiger partial charge in [-0.05, 0) is 31.7 Å². The second-order valence-corrected chi connectivity index (χ2v) is 8.91. The van der Waals surface area contributed by atoms with Gasteiger partial charge in [-0.1, -0.05) is 0 Å². The Morgan fingerprint density at radius 1 is 1.06 bits per heavy atom. The minimum absolute atomic E-state index is 0.102. The van der Waals surface area contributed by atoms with Gasteiger partial charge in [-0.3, -0.25) is 9.59 Å². The number of aromatic nitrogens is 1. The fraction of sp³-hybridized carbons (Fsp3) is 0.545. The fourth-order valence-electron chi connectivity index (χ4n) is 4.64. The Hall–Kier alpha value is -3.74. The molecule has 190 valence electrons. The van der Waals surface area contributed by atoms with Gasteiger partial charge in [-0.2, -0.15) is 0 Å². The maximum Gasteiger partial charge on any atom is 0.448 e. The molecule has 1 fully saturated rings. The minimum atomic E-state index is -1.24. The van der Waals surface area contributed by atoms with Crippen molar-refractivity contribution in [3.05, 3.63) is 30.1 Å². The maximum absolute atomic E-state index is 12.3. The zero-order valence-corrected chi connectivity index (χ0v) is 19.1. The number of pyridine rings is 1.